The van der Waals surface area contributed by atoms with Crippen LogP contribution in [0.3, 0.4) is 0 Å². The first kappa shape index (κ1) is 21.6. The van der Waals surface area contributed by atoms with E-state index in [1.54, 1.807) is 49.4 Å². The van der Waals surface area contributed by atoms with E-state index < -0.39 is 0 Å². The van der Waals surface area contributed by atoms with Gasteiger partial charge in [-0.2, -0.15) is 0 Å². The third-order valence-electron chi connectivity index (χ3n) is 4.92. The fourth-order valence-electron chi connectivity index (χ4n) is 3.21. The Kier molecular flexibility index (Phi) is 6.28. The van der Waals surface area contributed by atoms with Crippen LogP contribution in [0.15, 0.2) is 70.0 Å². The number of thioether (sulfide) groups is 1. The third-order valence-corrected chi connectivity index (χ3v) is 5.82. The van der Waals surface area contributed by atoms with Gasteiger partial charge in [-0.1, -0.05) is 42.0 Å². The number of hydrogen-bond donors (Lipinski definition) is 0. The minimum absolute atomic E-state index is 0.235. The van der Waals surface area contributed by atoms with Crippen molar-refractivity contribution < 1.29 is 23.5 Å². The molecule has 1 fully saturated rings. The van der Waals surface area contributed by atoms with Crippen molar-refractivity contribution in [3.05, 3.63) is 88.0 Å². The van der Waals surface area contributed by atoms with E-state index in [2.05, 4.69) is 0 Å². The Bertz CT molecular complexity index is 1190. The van der Waals surface area contributed by atoms with E-state index in [1.807, 2.05) is 31.2 Å². The highest BCUT2D eigenvalue weighted by Gasteiger charge is 2.35. The molecule has 0 radical (unpaired) electrons. The summed E-state index contributed by atoms with van der Waals surface area (Å²) in [6.45, 7) is 4.30. The van der Waals surface area contributed by atoms with Crippen LogP contribution in [0.1, 0.15) is 34.2 Å². The first-order valence-corrected chi connectivity index (χ1v) is 10.9. The van der Waals surface area contributed by atoms with Crippen molar-refractivity contribution in [2.24, 2.45) is 0 Å². The number of nitrogens with zero attached hydrogens (tertiary/aromatic N) is 1. The van der Waals surface area contributed by atoms with Crippen LogP contribution in [0.2, 0.25) is 0 Å². The van der Waals surface area contributed by atoms with Gasteiger partial charge in [0, 0.05) is 11.6 Å². The largest absolute Gasteiger partial charge is 0.462 e. The van der Waals surface area contributed by atoms with Crippen molar-refractivity contribution in [2.75, 3.05) is 6.61 Å². The number of benzene rings is 2. The predicted octanol–water partition coefficient (Wildman–Crippen LogP) is 5.67. The Hall–Kier alpha value is -3.58. The molecular formula is C25H21NO5S. The standard InChI is InChI=1S/C25H21NO5S/c1-3-30-24(28)19-10-8-18(9-11-19)21-13-12-20(31-21)14-22-23(27)26(25(29)32-22)15-17-6-4-16(2)5-7-17/h4-14H,3,15H2,1-2H3/b22-14-. The topological polar surface area (TPSA) is 76.8 Å². The fourth-order valence-corrected chi connectivity index (χ4v) is 4.03. The van der Waals surface area contributed by atoms with E-state index in [-0.39, 0.29) is 23.7 Å². The van der Waals surface area contributed by atoms with Gasteiger partial charge in [-0.25, -0.2) is 4.79 Å². The Morgan fingerprint density at radius 2 is 1.75 bits per heavy atom. The number of imide groups is 1. The molecule has 0 aliphatic carbocycles. The Balaban J connectivity index is 1.48. The summed E-state index contributed by atoms with van der Waals surface area (Å²) in [5.74, 6) is 0.346. The van der Waals surface area contributed by atoms with Crippen LogP contribution in [0.5, 0.6) is 0 Å². The predicted molar refractivity (Wildman–Crippen MR) is 123 cm³/mol. The molecule has 4 rings (SSSR count). The van der Waals surface area contributed by atoms with E-state index in [9.17, 15) is 14.4 Å². The van der Waals surface area contributed by atoms with E-state index in [0.29, 0.717) is 28.6 Å². The van der Waals surface area contributed by atoms with E-state index in [1.165, 1.54) is 4.90 Å². The summed E-state index contributed by atoms with van der Waals surface area (Å²) in [6.07, 6.45) is 1.58. The van der Waals surface area contributed by atoms with E-state index >= 15 is 0 Å². The van der Waals surface area contributed by atoms with Crippen LogP contribution in [0, 0.1) is 6.92 Å². The lowest BCUT2D eigenvalue weighted by Crippen LogP contribution is -2.27. The van der Waals surface area contributed by atoms with E-state index in [4.69, 9.17) is 9.15 Å². The monoisotopic (exact) mass is 447 g/mol. The van der Waals surface area contributed by atoms with Crippen LogP contribution in [0.25, 0.3) is 17.4 Å². The molecule has 0 spiro atoms. The molecule has 1 aliphatic heterocycles. The normalized spacial score (nSPS) is 14.9. The number of esters is 1. The van der Waals surface area contributed by atoms with Gasteiger partial charge in [0.25, 0.3) is 11.1 Å². The van der Waals surface area contributed by atoms with Crippen molar-refractivity contribution in [3.8, 4) is 11.3 Å². The molecule has 0 saturated carbocycles. The van der Waals surface area contributed by atoms with Crippen LogP contribution in [0.4, 0.5) is 4.79 Å². The molecule has 1 aliphatic rings. The summed E-state index contributed by atoms with van der Waals surface area (Å²) in [6, 6.07) is 18.1. The van der Waals surface area contributed by atoms with Gasteiger partial charge in [0.2, 0.25) is 0 Å². The van der Waals surface area contributed by atoms with Gasteiger partial charge < -0.3 is 9.15 Å². The highest BCUT2D eigenvalue weighted by molar-refractivity contribution is 8.18. The van der Waals surface area contributed by atoms with Crippen molar-refractivity contribution in [2.45, 2.75) is 20.4 Å². The van der Waals surface area contributed by atoms with Gasteiger partial charge in [0.05, 0.1) is 23.6 Å². The lowest BCUT2D eigenvalue weighted by molar-refractivity contribution is -0.123. The average Bonchev–Trinajstić information content (AvgIpc) is 3.36. The van der Waals surface area contributed by atoms with Crippen LogP contribution < -0.4 is 0 Å². The molecule has 2 aromatic carbocycles. The van der Waals surface area contributed by atoms with Crippen molar-refractivity contribution in [1.82, 2.24) is 4.90 Å². The molecule has 0 atom stereocenters. The van der Waals surface area contributed by atoms with Crippen LogP contribution in [-0.2, 0) is 16.1 Å². The molecule has 2 amide bonds. The number of carbonyl (C=O) groups excluding carboxylic acids is 3. The van der Waals surface area contributed by atoms with Gasteiger partial charge in [0.15, 0.2) is 0 Å². The molecule has 2 heterocycles. The number of furan rings is 1. The number of rotatable bonds is 6. The summed E-state index contributed by atoms with van der Waals surface area (Å²) in [7, 11) is 0. The minimum atomic E-state index is -0.374. The molecule has 0 bridgehead atoms. The molecule has 162 valence electrons. The smallest absolute Gasteiger partial charge is 0.338 e. The van der Waals surface area contributed by atoms with Crippen molar-refractivity contribution >= 4 is 35.0 Å². The number of aryl methyl sites for hydroxylation is 1. The van der Waals surface area contributed by atoms with Gasteiger partial charge in [-0.3, -0.25) is 14.5 Å². The molecule has 6 nitrogen and oxygen atoms in total. The SMILES string of the molecule is CCOC(=O)c1ccc(-c2ccc(/C=C3\SC(=O)N(Cc4ccc(C)cc4)C3=O)o2)cc1. The second-order valence-corrected chi connectivity index (χ2v) is 8.25. The number of ether oxygens (including phenoxy) is 1. The number of hydrogen-bond acceptors (Lipinski definition) is 6. The maximum Gasteiger partial charge on any atom is 0.338 e. The molecule has 3 aromatic rings. The zero-order valence-corrected chi connectivity index (χ0v) is 18.5. The van der Waals surface area contributed by atoms with Crippen molar-refractivity contribution in [3.63, 3.8) is 0 Å². The first-order valence-electron chi connectivity index (χ1n) is 10.1. The number of amides is 2. The fraction of sp³-hybridized carbons (Fsp3) is 0.160. The van der Waals surface area contributed by atoms with Gasteiger partial charge in [-0.15, -0.1) is 0 Å². The second-order valence-electron chi connectivity index (χ2n) is 7.25. The molecule has 1 aromatic heterocycles. The average molecular weight is 448 g/mol. The maximum absolute atomic E-state index is 12.8. The minimum Gasteiger partial charge on any atom is -0.462 e. The first-order chi connectivity index (χ1) is 15.4. The second kappa shape index (κ2) is 9.28. The third kappa shape index (κ3) is 4.68. The molecule has 0 unspecified atom stereocenters. The van der Waals surface area contributed by atoms with Gasteiger partial charge in [-0.05, 0) is 55.4 Å². The van der Waals surface area contributed by atoms with Crippen LogP contribution in [-0.4, -0.2) is 28.6 Å². The molecule has 32 heavy (non-hydrogen) atoms. The lowest BCUT2D eigenvalue weighted by Gasteiger charge is -2.12. The summed E-state index contributed by atoms with van der Waals surface area (Å²) in [5, 5.41) is -0.303. The highest BCUT2D eigenvalue weighted by atomic mass is 32.2. The Labute approximate surface area is 189 Å². The molecule has 7 heteroatoms. The summed E-state index contributed by atoms with van der Waals surface area (Å²) in [4.78, 5) is 38.5. The summed E-state index contributed by atoms with van der Waals surface area (Å²) < 4.78 is 10.8. The Morgan fingerprint density at radius 3 is 2.44 bits per heavy atom. The summed E-state index contributed by atoms with van der Waals surface area (Å²) >= 11 is 0.901. The molecule has 0 N–H and O–H groups in total. The number of carbonyl (C=O) groups is 3. The zero-order valence-electron chi connectivity index (χ0n) is 17.7. The Morgan fingerprint density at radius 1 is 1.03 bits per heavy atom. The van der Waals surface area contributed by atoms with Gasteiger partial charge >= 0.3 is 5.97 Å². The highest BCUT2D eigenvalue weighted by Crippen LogP contribution is 2.34. The maximum atomic E-state index is 12.8. The summed E-state index contributed by atoms with van der Waals surface area (Å²) in [5.41, 5.74) is 3.26. The lowest BCUT2D eigenvalue weighted by atomic mass is 10.1. The van der Waals surface area contributed by atoms with Gasteiger partial charge in [0.1, 0.15) is 11.5 Å². The van der Waals surface area contributed by atoms with Crippen molar-refractivity contribution in [1.29, 1.82) is 0 Å². The molecule has 1 saturated heterocycles. The van der Waals surface area contributed by atoms with Crippen LogP contribution >= 0.6 is 11.8 Å². The quantitative estimate of drug-likeness (QED) is 0.358. The zero-order chi connectivity index (χ0) is 22.7. The molecular weight excluding hydrogens is 426 g/mol. The van der Waals surface area contributed by atoms with E-state index in [0.717, 1.165) is 28.5 Å².